The fraction of sp³-hybridized carbons (Fsp3) is 0.188. The lowest BCUT2D eigenvalue weighted by atomic mass is 10.2. The largest absolute Gasteiger partial charge is 0.382 e. The fourth-order valence-electron chi connectivity index (χ4n) is 1.56. The second-order valence-corrected chi connectivity index (χ2v) is 5.07. The number of rotatable bonds is 3. The van der Waals surface area contributed by atoms with Gasteiger partial charge in [-0.25, -0.2) is 4.98 Å². The first-order valence-electron chi connectivity index (χ1n) is 6.37. The van der Waals surface area contributed by atoms with Crippen molar-refractivity contribution in [2.75, 3.05) is 6.61 Å². The maximum Gasteiger partial charge on any atom is 0.177 e. The second kappa shape index (κ2) is 7.55. The number of oxime groups is 1. The van der Waals surface area contributed by atoms with Crippen molar-refractivity contribution in [2.24, 2.45) is 5.16 Å². The topological polar surface area (TPSA) is 47.4 Å². The van der Waals surface area contributed by atoms with Crippen LogP contribution in [0, 0.1) is 18.8 Å². The van der Waals surface area contributed by atoms with Gasteiger partial charge in [-0.15, -0.1) is 0 Å². The van der Waals surface area contributed by atoms with E-state index in [0.29, 0.717) is 5.69 Å². The molecule has 2 aromatic rings. The molecule has 0 aliphatic rings. The number of aryl methyl sites for hydroxylation is 1. The Balaban J connectivity index is 1.91. The van der Waals surface area contributed by atoms with Crippen LogP contribution in [0.1, 0.15) is 24.0 Å². The predicted octanol–water partition coefficient (Wildman–Crippen LogP) is 3.34. The number of pyridine rings is 2. The molecule has 0 fully saturated rings. The van der Waals surface area contributed by atoms with Crippen molar-refractivity contribution in [3.8, 4) is 11.8 Å². The van der Waals surface area contributed by atoms with Crippen molar-refractivity contribution in [2.45, 2.75) is 13.8 Å². The molecule has 0 unspecified atom stereocenters. The quantitative estimate of drug-likeness (QED) is 0.282. The average molecular weight is 344 g/mol. The van der Waals surface area contributed by atoms with Crippen LogP contribution in [0.15, 0.2) is 46.2 Å². The zero-order valence-corrected chi connectivity index (χ0v) is 13.4. The van der Waals surface area contributed by atoms with Gasteiger partial charge < -0.3 is 4.84 Å². The first-order chi connectivity index (χ1) is 10.1. The number of aromatic nitrogens is 2. The predicted molar refractivity (Wildman–Crippen MR) is 86.0 cm³/mol. The normalized spacial score (nSPS) is 10.7. The van der Waals surface area contributed by atoms with Gasteiger partial charge in [0.2, 0.25) is 0 Å². The Morgan fingerprint density at radius 3 is 2.81 bits per heavy atom. The zero-order valence-electron chi connectivity index (χ0n) is 11.8. The summed E-state index contributed by atoms with van der Waals surface area (Å²) in [7, 11) is 0. The van der Waals surface area contributed by atoms with Crippen molar-refractivity contribution in [1.82, 2.24) is 9.97 Å². The summed E-state index contributed by atoms with van der Waals surface area (Å²) in [5.74, 6) is 5.77. The van der Waals surface area contributed by atoms with Gasteiger partial charge >= 0.3 is 0 Å². The van der Waals surface area contributed by atoms with Gasteiger partial charge in [0.05, 0.1) is 5.69 Å². The van der Waals surface area contributed by atoms with Gasteiger partial charge in [-0.05, 0) is 60.0 Å². The van der Waals surface area contributed by atoms with Crippen molar-refractivity contribution < 1.29 is 4.84 Å². The molecule has 0 atom stereocenters. The van der Waals surface area contributed by atoms with E-state index in [4.69, 9.17) is 4.84 Å². The second-order valence-electron chi connectivity index (χ2n) is 4.26. The molecule has 4 nitrogen and oxygen atoms in total. The molecule has 0 saturated carbocycles. The molecule has 0 amide bonds. The molecule has 0 radical (unpaired) electrons. The molecule has 5 heteroatoms. The van der Waals surface area contributed by atoms with Gasteiger partial charge in [0.25, 0.3) is 0 Å². The van der Waals surface area contributed by atoms with Crippen LogP contribution in [0.25, 0.3) is 0 Å². The van der Waals surface area contributed by atoms with E-state index in [1.54, 1.807) is 0 Å². The van der Waals surface area contributed by atoms with Crippen molar-refractivity contribution >= 4 is 21.6 Å². The molecule has 21 heavy (non-hydrogen) atoms. The first kappa shape index (κ1) is 15.2. The van der Waals surface area contributed by atoms with Gasteiger partial charge in [-0.3, -0.25) is 4.98 Å². The van der Waals surface area contributed by atoms with Crippen molar-refractivity contribution in [3.63, 3.8) is 0 Å². The highest BCUT2D eigenvalue weighted by atomic mass is 79.9. The van der Waals surface area contributed by atoms with Gasteiger partial charge in [0, 0.05) is 5.69 Å². The Bertz CT molecular complexity index is 717. The minimum absolute atomic E-state index is 0.206. The fourth-order valence-corrected chi connectivity index (χ4v) is 1.90. The lowest BCUT2D eigenvalue weighted by Crippen LogP contribution is -2.00. The highest BCUT2D eigenvalue weighted by Gasteiger charge is 1.99. The summed E-state index contributed by atoms with van der Waals surface area (Å²) in [4.78, 5) is 13.7. The maximum atomic E-state index is 5.18. The van der Waals surface area contributed by atoms with Crippen LogP contribution in [0.4, 0.5) is 0 Å². The highest BCUT2D eigenvalue weighted by molar-refractivity contribution is 9.10. The number of hydrogen-bond donors (Lipinski definition) is 0. The van der Waals surface area contributed by atoms with E-state index >= 15 is 0 Å². The van der Waals surface area contributed by atoms with Gasteiger partial charge in [-0.2, -0.15) is 0 Å². The number of halogens is 1. The van der Waals surface area contributed by atoms with Crippen LogP contribution in [0.3, 0.4) is 0 Å². The molecule has 0 saturated heterocycles. The zero-order chi connectivity index (χ0) is 15.1. The first-order valence-corrected chi connectivity index (χ1v) is 7.16. The lowest BCUT2D eigenvalue weighted by molar-refractivity contribution is 0.179. The minimum atomic E-state index is 0.206. The molecule has 0 aliphatic carbocycles. The maximum absolute atomic E-state index is 5.18. The third-order valence-corrected chi connectivity index (χ3v) is 2.97. The molecule has 0 aliphatic heterocycles. The molecular formula is C16H14BrN3O. The molecule has 106 valence electrons. The SMILES string of the molecule is CC(=NOCC#Cc1cccc(Br)n1)c1cccc(C)n1. The van der Waals surface area contributed by atoms with Crippen LogP contribution in [-0.4, -0.2) is 22.3 Å². The summed E-state index contributed by atoms with van der Waals surface area (Å²) in [6, 6.07) is 11.3. The monoisotopic (exact) mass is 343 g/mol. The third kappa shape index (κ3) is 5.01. The van der Waals surface area contributed by atoms with Crippen LogP contribution in [0.2, 0.25) is 0 Å². The summed E-state index contributed by atoms with van der Waals surface area (Å²) in [5.41, 5.74) is 3.16. The molecule has 0 spiro atoms. The summed E-state index contributed by atoms with van der Waals surface area (Å²) in [6.45, 7) is 4.00. The minimum Gasteiger partial charge on any atom is -0.382 e. The molecule has 0 N–H and O–H groups in total. The third-order valence-electron chi connectivity index (χ3n) is 2.53. The Hall–Kier alpha value is -2.19. The van der Waals surface area contributed by atoms with Crippen LogP contribution in [-0.2, 0) is 4.84 Å². The molecule has 0 aromatic carbocycles. The van der Waals surface area contributed by atoms with E-state index in [1.807, 2.05) is 50.2 Å². The Morgan fingerprint density at radius 1 is 1.24 bits per heavy atom. The molecular weight excluding hydrogens is 330 g/mol. The Labute approximate surface area is 132 Å². The summed E-state index contributed by atoms with van der Waals surface area (Å²) >= 11 is 3.30. The summed E-state index contributed by atoms with van der Waals surface area (Å²) in [6.07, 6.45) is 0. The molecule has 2 aromatic heterocycles. The van der Waals surface area contributed by atoms with Crippen molar-refractivity contribution in [1.29, 1.82) is 0 Å². The van der Waals surface area contributed by atoms with E-state index in [9.17, 15) is 0 Å². The van der Waals surface area contributed by atoms with Crippen LogP contribution in [0.5, 0.6) is 0 Å². The van der Waals surface area contributed by atoms with Gasteiger partial charge in [-0.1, -0.05) is 23.2 Å². The average Bonchev–Trinajstić information content (AvgIpc) is 2.47. The van der Waals surface area contributed by atoms with E-state index < -0.39 is 0 Å². The molecule has 2 rings (SSSR count). The lowest BCUT2D eigenvalue weighted by Gasteiger charge is -2.00. The molecule has 2 heterocycles. The smallest absolute Gasteiger partial charge is 0.177 e. The Kier molecular flexibility index (Phi) is 5.47. The van der Waals surface area contributed by atoms with E-state index in [0.717, 1.165) is 21.7 Å². The number of nitrogens with zero attached hydrogens (tertiary/aromatic N) is 3. The number of hydrogen-bond acceptors (Lipinski definition) is 4. The van der Waals surface area contributed by atoms with Crippen LogP contribution < -0.4 is 0 Å². The van der Waals surface area contributed by atoms with E-state index in [1.165, 1.54) is 0 Å². The van der Waals surface area contributed by atoms with Crippen molar-refractivity contribution in [3.05, 3.63) is 58.1 Å². The Morgan fingerprint density at radius 2 is 2.05 bits per heavy atom. The standard InChI is InChI=1S/C16H14BrN3O/c1-12-6-3-9-15(18-12)13(2)20-21-11-5-8-14-7-4-10-16(17)19-14/h3-4,6-7,9-10H,11H2,1-2H3. The van der Waals surface area contributed by atoms with E-state index in [2.05, 4.69) is 42.9 Å². The van der Waals surface area contributed by atoms with E-state index in [-0.39, 0.29) is 6.61 Å². The summed E-state index contributed by atoms with van der Waals surface area (Å²) < 4.78 is 0.759. The van der Waals surface area contributed by atoms with Gasteiger partial charge in [0.15, 0.2) is 6.61 Å². The van der Waals surface area contributed by atoms with Crippen LogP contribution >= 0.6 is 15.9 Å². The summed E-state index contributed by atoms with van der Waals surface area (Å²) in [5, 5.41) is 4.01. The van der Waals surface area contributed by atoms with Gasteiger partial charge in [0.1, 0.15) is 16.0 Å². The highest BCUT2D eigenvalue weighted by Crippen LogP contribution is 2.05. The molecule has 0 bridgehead atoms.